The number of nitrogens with zero attached hydrogens (tertiary/aromatic N) is 1. The number of hydrogen-bond donors (Lipinski definition) is 1. The molecule has 2 unspecified atom stereocenters. The molecule has 0 saturated heterocycles. The molecule has 0 spiro atoms. The van der Waals surface area contributed by atoms with Gasteiger partial charge in [-0.1, -0.05) is 32.9 Å². The third-order valence-corrected chi connectivity index (χ3v) is 6.82. The second kappa shape index (κ2) is 8.43. The summed E-state index contributed by atoms with van der Waals surface area (Å²) < 4.78 is 15.7. The second-order valence-corrected chi connectivity index (χ2v) is 8.50. The minimum atomic E-state index is -0.504. The van der Waals surface area contributed by atoms with Crippen LogP contribution in [0.5, 0.6) is 11.5 Å². The summed E-state index contributed by atoms with van der Waals surface area (Å²) in [5.74, 6) is 0.830. The van der Waals surface area contributed by atoms with Gasteiger partial charge in [-0.15, -0.1) is 0 Å². The van der Waals surface area contributed by atoms with Crippen molar-refractivity contribution in [2.24, 2.45) is 21.8 Å². The van der Waals surface area contributed by atoms with Crippen LogP contribution in [0.15, 0.2) is 29.4 Å². The van der Waals surface area contributed by atoms with Gasteiger partial charge >= 0.3 is 5.97 Å². The Balaban J connectivity index is 1.39. The molecular formula is C22H30N2O5. The van der Waals surface area contributed by atoms with Crippen LogP contribution in [0, 0.1) is 16.7 Å². The fourth-order valence-corrected chi connectivity index (χ4v) is 4.46. The smallest absolute Gasteiger partial charge is 0.309 e. The molecule has 7 heteroatoms. The van der Waals surface area contributed by atoms with E-state index in [-0.39, 0.29) is 30.5 Å². The van der Waals surface area contributed by atoms with E-state index in [1.807, 2.05) is 12.1 Å². The van der Waals surface area contributed by atoms with Crippen molar-refractivity contribution in [2.45, 2.75) is 46.5 Å². The van der Waals surface area contributed by atoms with Gasteiger partial charge in [0.05, 0.1) is 20.1 Å². The van der Waals surface area contributed by atoms with Gasteiger partial charge in [0, 0.05) is 11.1 Å². The number of esters is 1. The normalized spacial score (nSPS) is 25.7. The highest BCUT2D eigenvalue weighted by atomic mass is 16.5. The number of carbonyl (C=O) groups excluding carboxylic acids is 2. The molecule has 2 saturated carbocycles. The number of methoxy groups -OCH3 is 1. The molecule has 2 aliphatic carbocycles. The zero-order valence-corrected chi connectivity index (χ0v) is 17.6. The summed E-state index contributed by atoms with van der Waals surface area (Å²) in [6.07, 6.45) is 3.27. The van der Waals surface area contributed by atoms with Crippen LogP contribution < -0.4 is 14.9 Å². The molecule has 7 nitrogen and oxygen atoms in total. The van der Waals surface area contributed by atoms with E-state index in [4.69, 9.17) is 14.2 Å². The molecule has 2 bridgehead atoms. The molecule has 1 aromatic rings. The van der Waals surface area contributed by atoms with Crippen molar-refractivity contribution in [3.05, 3.63) is 24.3 Å². The number of hydrazone groups is 1. The lowest BCUT2D eigenvalue weighted by atomic mass is 9.70. The number of hydrogen-bond acceptors (Lipinski definition) is 6. The van der Waals surface area contributed by atoms with Crippen molar-refractivity contribution in [3.63, 3.8) is 0 Å². The highest BCUT2D eigenvalue weighted by molar-refractivity contribution is 5.95. The van der Waals surface area contributed by atoms with Gasteiger partial charge in [-0.05, 0) is 42.7 Å². The molecule has 2 aliphatic rings. The molecule has 1 aromatic carbocycles. The molecule has 0 radical (unpaired) electrons. The number of para-hydroxylation sites is 2. The maximum atomic E-state index is 12.0. The first kappa shape index (κ1) is 21.1. The summed E-state index contributed by atoms with van der Waals surface area (Å²) in [7, 11) is 1.55. The minimum Gasteiger partial charge on any atom is -0.493 e. The summed E-state index contributed by atoms with van der Waals surface area (Å²) in [4.78, 5) is 23.9. The van der Waals surface area contributed by atoms with Crippen LogP contribution in [0.1, 0.15) is 46.5 Å². The van der Waals surface area contributed by atoms with Gasteiger partial charge in [0.1, 0.15) is 0 Å². The van der Waals surface area contributed by atoms with Gasteiger partial charge in [0.25, 0.3) is 5.91 Å². The first-order chi connectivity index (χ1) is 13.8. The highest BCUT2D eigenvalue weighted by Crippen LogP contribution is 2.63. The molecule has 29 heavy (non-hydrogen) atoms. The first-order valence-corrected chi connectivity index (χ1v) is 10.1. The minimum absolute atomic E-state index is 0.0253. The number of carbonyl (C=O) groups is 2. The Hall–Kier alpha value is -2.57. The quantitative estimate of drug-likeness (QED) is 0.532. The van der Waals surface area contributed by atoms with Gasteiger partial charge in [-0.25, -0.2) is 5.43 Å². The predicted octanol–water partition coefficient (Wildman–Crippen LogP) is 3.33. The Morgan fingerprint density at radius 1 is 1.21 bits per heavy atom. The van der Waals surface area contributed by atoms with Crippen molar-refractivity contribution in [3.8, 4) is 11.5 Å². The maximum Gasteiger partial charge on any atom is 0.309 e. The number of ether oxygens (including phenoxy) is 3. The van der Waals surface area contributed by atoms with E-state index in [0.29, 0.717) is 17.4 Å². The van der Waals surface area contributed by atoms with Crippen LogP contribution in [0.4, 0.5) is 0 Å². The molecule has 1 amide bonds. The van der Waals surface area contributed by atoms with Crippen molar-refractivity contribution in [1.82, 2.24) is 5.43 Å². The number of benzene rings is 1. The summed E-state index contributed by atoms with van der Waals surface area (Å²) in [6.45, 7) is 6.58. The second-order valence-electron chi connectivity index (χ2n) is 8.50. The predicted molar refractivity (Wildman–Crippen MR) is 109 cm³/mol. The lowest BCUT2D eigenvalue weighted by molar-refractivity contribution is -0.149. The lowest BCUT2D eigenvalue weighted by Crippen LogP contribution is -2.35. The average molecular weight is 402 g/mol. The topological polar surface area (TPSA) is 86.2 Å². The molecule has 1 N–H and O–H groups in total. The zero-order valence-electron chi connectivity index (χ0n) is 17.6. The van der Waals surface area contributed by atoms with Crippen LogP contribution in [-0.2, 0) is 14.3 Å². The lowest BCUT2D eigenvalue weighted by Gasteiger charge is -2.34. The largest absolute Gasteiger partial charge is 0.493 e. The number of rotatable bonds is 8. The van der Waals surface area contributed by atoms with Crippen LogP contribution >= 0.6 is 0 Å². The van der Waals surface area contributed by atoms with Gasteiger partial charge < -0.3 is 14.2 Å². The van der Waals surface area contributed by atoms with Gasteiger partial charge in [0.15, 0.2) is 18.1 Å². The Bertz CT molecular complexity index is 804. The number of fused-ring (bicyclic) bond motifs is 2. The maximum absolute atomic E-state index is 12.0. The third kappa shape index (κ3) is 4.23. The van der Waals surface area contributed by atoms with E-state index in [9.17, 15) is 9.59 Å². The van der Waals surface area contributed by atoms with Crippen LogP contribution in [0.3, 0.4) is 0 Å². The third-order valence-electron chi connectivity index (χ3n) is 6.82. The van der Waals surface area contributed by atoms with Crippen LogP contribution in [0.25, 0.3) is 0 Å². The van der Waals surface area contributed by atoms with Crippen LogP contribution in [0.2, 0.25) is 0 Å². The molecule has 0 aromatic heterocycles. The number of amides is 1. The van der Waals surface area contributed by atoms with Gasteiger partial charge in [-0.2, -0.15) is 5.10 Å². The van der Waals surface area contributed by atoms with Gasteiger partial charge in [0.2, 0.25) is 0 Å². The molecular weight excluding hydrogens is 372 g/mol. The first-order valence-electron chi connectivity index (χ1n) is 10.1. The van der Waals surface area contributed by atoms with E-state index in [0.717, 1.165) is 18.6 Å². The van der Waals surface area contributed by atoms with Gasteiger partial charge in [-0.3, -0.25) is 9.59 Å². The number of nitrogens with one attached hydrogen (secondary N) is 1. The molecule has 0 heterocycles. The molecule has 158 valence electrons. The summed E-state index contributed by atoms with van der Waals surface area (Å²) in [5, 5.41) is 4.36. The molecule has 0 aliphatic heterocycles. The standard InChI is InChI=1S/C22H30N2O5/c1-21(2)15-9-11-22(21,3)18(13-15)23-24-19(25)14-29-20(26)10-12-28-17-8-6-5-7-16(17)27-4/h5-8,15H,9-14H2,1-4H3,(H,24,25)/b23-18+. The van der Waals surface area contributed by atoms with E-state index in [2.05, 4.69) is 31.3 Å². The Morgan fingerprint density at radius 3 is 2.55 bits per heavy atom. The highest BCUT2D eigenvalue weighted by Gasteiger charge is 2.60. The van der Waals surface area contributed by atoms with Crippen molar-refractivity contribution in [1.29, 1.82) is 0 Å². The fourth-order valence-electron chi connectivity index (χ4n) is 4.46. The average Bonchev–Trinajstić information content (AvgIpc) is 3.04. The zero-order chi connectivity index (χ0) is 21.1. The molecule has 2 atom stereocenters. The Morgan fingerprint density at radius 2 is 1.93 bits per heavy atom. The monoisotopic (exact) mass is 402 g/mol. The Kier molecular flexibility index (Phi) is 6.15. The molecule has 2 fully saturated rings. The summed E-state index contributed by atoms with van der Waals surface area (Å²) >= 11 is 0. The molecule has 3 rings (SSSR count). The van der Waals surface area contributed by atoms with E-state index in [1.54, 1.807) is 19.2 Å². The Labute approximate surface area is 171 Å². The van der Waals surface area contributed by atoms with Crippen molar-refractivity contribution >= 4 is 17.6 Å². The van der Waals surface area contributed by atoms with Crippen molar-refractivity contribution < 1.29 is 23.8 Å². The SMILES string of the molecule is COc1ccccc1OCCC(=O)OCC(=O)N/N=C1\CC2CCC1(C)C2(C)C. The van der Waals surface area contributed by atoms with E-state index in [1.165, 1.54) is 6.42 Å². The summed E-state index contributed by atoms with van der Waals surface area (Å²) in [5.41, 5.74) is 3.82. The summed E-state index contributed by atoms with van der Waals surface area (Å²) in [6, 6.07) is 7.19. The van der Waals surface area contributed by atoms with E-state index >= 15 is 0 Å². The van der Waals surface area contributed by atoms with Crippen LogP contribution in [-0.4, -0.2) is 37.9 Å². The van der Waals surface area contributed by atoms with E-state index < -0.39 is 11.9 Å². The fraction of sp³-hybridized carbons (Fsp3) is 0.591. The van der Waals surface area contributed by atoms with Crippen molar-refractivity contribution in [2.75, 3.05) is 20.3 Å².